The van der Waals surface area contributed by atoms with E-state index in [0.29, 0.717) is 19.0 Å². The summed E-state index contributed by atoms with van der Waals surface area (Å²) in [6.07, 6.45) is 3.96. The molecule has 0 atom stereocenters. The lowest BCUT2D eigenvalue weighted by atomic mass is 9.92. The Kier molecular flexibility index (Phi) is 7.31. The molecule has 0 saturated carbocycles. The highest BCUT2D eigenvalue weighted by atomic mass is 16.5. The number of nitrogens with zero attached hydrogens (tertiary/aromatic N) is 2. The summed E-state index contributed by atoms with van der Waals surface area (Å²) in [5.41, 5.74) is 1.02. The van der Waals surface area contributed by atoms with Crippen LogP contribution >= 0.6 is 0 Å². The molecule has 2 heterocycles. The molecule has 2 fully saturated rings. The van der Waals surface area contributed by atoms with Crippen LogP contribution in [0.1, 0.15) is 38.2 Å². The zero-order valence-electron chi connectivity index (χ0n) is 17.2. The van der Waals surface area contributed by atoms with E-state index in [9.17, 15) is 9.59 Å². The van der Waals surface area contributed by atoms with Crippen LogP contribution in [0.15, 0.2) is 24.3 Å². The molecule has 1 aromatic rings. The summed E-state index contributed by atoms with van der Waals surface area (Å²) in [6, 6.07) is 7.71. The van der Waals surface area contributed by atoms with Crippen LogP contribution in [-0.2, 0) is 16.1 Å². The molecule has 0 unspecified atom stereocenters. The van der Waals surface area contributed by atoms with Crippen molar-refractivity contribution in [3.63, 3.8) is 0 Å². The summed E-state index contributed by atoms with van der Waals surface area (Å²) in [5, 5.41) is 2.98. The lowest BCUT2D eigenvalue weighted by Crippen LogP contribution is -2.47. The van der Waals surface area contributed by atoms with E-state index in [4.69, 9.17) is 4.74 Å². The SMILES string of the molecule is COc1cccc(CNC(=O)CN2CCC(C(=O)N3CCC(C)CC3)CC2)c1. The molecule has 0 aromatic heterocycles. The van der Waals surface area contributed by atoms with Gasteiger partial charge in [0, 0.05) is 25.6 Å². The lowest BCUT2D eigenvalue weighted by Gasteiger charge is -2.36. The van der Waals surface area contributed by atoms with Crippen LogP contribution in [0.25, 0.3) is 0 Å². The minimum absolute atomic E-state index is 0.0256. The Hall–Kier alpha value is -2.08. The van der Waals surface area contributed by atoms with Crippen molar-refractivity contribution in [2.24, 2.45) is 11.8 Å². The van der Waals surface area contributed by atoms with Gasteiger partial charge in [-0.3, -0.25) is 14.5 Å². The molecule has 6 heteroatoms. The second-order valence-corrected chi connectivity index (χ2v) is 8.19. The van der Waals surface area contributed by atoms with Crippen LogP contribution < -0.4 is 10.1 Å². The monoisotopic (exact) mass is 387 g/mol. The molecule has 154 valence electrons. The molecular weight excluding hydrogens is 354 g/mol. The predicted molar refractivity (Wildman–Crippen MR) is 109 cm³/mol. The Labute approximate surface area is 168 Å². The largest absolute Gasteiger partial charge is 0.497 e. The van der Waals surface area contributed by atoms with Crippen LogP contribution in [0.5, 0.6) is 5.75 Å². The fourth-order valence-electron chi connectivity index (χ4n) is 4.07. The Morgan fingerprint density at radius 3 is 2.50 bits per heavy atom. The van der Waals surface area contributed by atoms with Gasteiger partial charge in [-0.1, -0.05) is 19.1 Å². The molecule has 0 aliphatic carbocycles. The third kappa shape index (κ3) is 5.71. The van der Waals surface area contributed by atoms with Gasteiger partial charge in [0.25, 0.3) is 0 Å². The number of carbonyl (C=O) groups excluding carboxylic acids is 2. The van der Waals surface area contributed by atoms with Crippen LogP contribution in [0.3, 0.4) is 0 Å². The van der Waals surface area contributed by atoms with Gasteiger partial charge in [-0.25, -0.2) is 0 Å². The number of piperidine rings is 2. The molecular formula is C22H33N3O3. The third-order valence-corrected chi connectivity index (χ3v) is 6.02. The predicted octanol–water partition coefficient (Wildman–Crippen LogP) is 2.28. The molecule has 2 amide bonds. The second kappa shape index (κ2) is 9.92. The first-order valence-corrected chi connectivity index (χ1v) is 10.5. The van der Waals surface area contributed by atoms with Gasteiger partial charge in [-0.05, 0) is 62.4 Å². The van der Waals surface area contributed by atoms with Crippen molar-refractivity contribution in [3.8, 4) is 5.75 Å². The molecule has 2 saturated heterocycles. The van der Waals surface area contributed by atoms with E-state index >= 15 is 0 Å². The Morgan fingerprint density at radius 1 is 1.11 bits per heavy atom. The van der Waals surface area contributed by atoms with Gasteiger partial charge in [-0.2, -0.15) is 0 Å². The van der Waals surface area contributed by atoms with Crippen molar-refractivity contribution >= 4 is 11.8 Å². The van der Waals surface area contributed by atoms with Crippen LogP contribution in [-0.4, -0.2) is 61.4 Å². The third-order valence-electron chi connectivity index (χ3n) is 6.02. The van der Waals surface area contributed by atoms with Crippen molar-refractivity contribution in [2.75, 3.05) is 39.8 Å². The number of hydrogen-bond acceptors (Lipinski definition) is 4. The number of methoxy groups -OCH3 is 1. The van der Waals surface area contributed by atoms with Crippen LogP contribution in [0.2, 0.25) is 0 Å². The number of hydrogen-bond donors (Lipinski definition) is 1. The minimum Gasteiger partial charge on any atom is -0.497 e. The van der Waals surface area contributed by atoms with E-state index in [-0.39, 0.29) is 11.8 Å². The molecule has 28 heavy (non-hydrogen) atoms. The van der Waals surface area contributed by atoms with E-state index < -0.39 is 0 Å². The van der Waals surface area contributed by atoms with Crippen LogP contribution in [0, 0.1) is 11.8 Å². The molecule has 1 aromatic carbocycles. The van der Waals surface area contributed by atoms with E-state index in [0.717, 1.165) is 69.1 Å². The summed E-state index contributed by atoms with van der Waals surface area (Å²) >= 11 is 0. The smallest absolute Gasteiger partial charge is 0.234 e. The Morgan fingerprint density at radius 2 is 1.82 bits per heavy atom. The Balaban J connectivity index is 1.37. The topological polar surface area (TPSA) is 61.9 Å². The average Bonchev–Trinajstić information content (AvgIpc) is 2.73. The fourth-order valence-corrected chi connectivity index (χ4v) is 4.07. The molecule has 1 N–H and O–H groups in total. The van der Waals surface area contributed by atoms with Gasteiger partial charge < -0.3 is 15.0 Å². The lowest BCUT2D eigenvalue weighted by molar-refractivity contribution is -0.138. The number of benzene rings is 1. The van der Waals surface area contributed by atoms with Crippen molar-refractivity contribution in [2.45, 2.75) is 39.2 Å². The van der Waals surface area contributed by atoms with Gasteiger partial charge in [0.1, 0.15) is 5.75 Å². The van der Waals surface area contributed by atoms with Crippen molar-refractivity contribution in [3.05, 3.63) is 29.8 Å². The van der Waals surface area contributed by atoms with Gasteiger partial charge in [0.05, 0.1) is 13.7 Å². The maximum atomic E-state index is 12.7. The number of nitrogens with one attached hydrogen (secondary N) is 1. The van der Waals surface area contributed by atoms with Gasteiger partial charge >= 0.3 is 0 Å². The normalized spacial score (nSPS) is 19.4. The number of amides is 2. The number of rotatable bonds is 6. The molecule has 0 radical (unpaired) electrons. The molecule has 0 spiro atoms. The fraction of sp³-hybridized carbons (Fsp3) is 0.636. The molecule has 3 rings (SSSR count). The van der Waals surface area contributed by atoms with E-state index in [1.807, 2.05) is 24.3 Å². The molecule has 0 bridgehead atoms. The quantitative estimate of drug-likeness (QED) is 0.814. The number of ether oxygens (including phenoxy) is 1. The van der Waals surface area contributed by atoms with Crippen molar-refractivity contribution in [1.82, 2.24) is 15.1 Å². The van der Waals surface area contributed by atoms with Crippen LogP contribution in [0.4, 0.5) is 0 Å². The highest BCUT2D eigenvalue weighted by molar-refractivity contribution is 5.79. The first-order valence-electron chi connectivity index (χ1n) is 10.5. The molecule has 6 nitrogen and oxygen atoms in total. The maximum absolute atomic E-state index is 12.7. The van der Waals surface area contributed by atoms with E-state index in [1.54, 1.807) is 7.11 Å². The summed E-state index contributed by atoms with van der Waals surface area (Å²) in [4.78, 5) is 29.2. The maximum Gasteiger partial charge on any atom is 0.234 e. The number of likely N-dealkylation sites (tertiary alicyclic amines) is 2. The first-order chi connectivity index (χ1) is 13.5. The van der Waals surface area contributed by atoms with E-state index in [1.165, 1.54) is 0 Å². The van der Waals surface area contributed by atoms with E-state index in [2.05, 4.69) is 22.0 Å². The molecule has 2 aliphatic heterocycles. The van der Waals surface area contributed by atoms with Gasteiger partial charge in [0.2, 0.25) is 11.8 Å². The summed E-state index contributed by atoms with van der Waals surface area (Å²) in [6.45, 7) is 6.60. The van der Waals surface area contributed by atoms with Crippen molar-refractivity contribution in [1.29, 1.82) is 0 Å². The summed E-state index contributed by atoms with van der Waals surface area (Å²) in [5.74, 6) is 2.01. The molecule has 2 aliphatic rings. The second-order valence-electron chi connectivity index (χ2n) is 8.19. The van der Waals surface area contributed by atoms with Gasteiger partial charge in [-0.15, -0.1) is 0 Å². The zero-order valence-corrected chi connectivity index (χ0v) is 17.2. The standard InChI is InChI=1S/C22H33N3O3/c1-17-6-12-25(13-7-17)22(27)19-8-10-24(11-9-19)16-21(26)23-15-18-4-3-5-20(14-18)28-2/h3-5,14,17,19H,6-13,15-16H2,1-2H3,(H,23,26). The first kappa shape index (κ1) is 20.6. The number of carbonyl (C=O) groups is 2. The minimum atomic E-state index is 0.0256. The highest BCUT2D eigenvalue weighted by Gasteiger charge is 2.30. The zero-order chi connectivity index (χ0) is 19.9. The van der Waals surface area contributed by atoms with Gasteiger partial charge in [0.15, 0.2) is 0 Å². The van der Waals surface area contributed by atoms with Crippen molar-refractivity contribution < 1.29 is 14.3 Å². The summed E-state index contributed by atoms with van der Waals surface area (Å²) < 4.78 is 5.21. The Bertz CT molecular complexity index is 663. The average molecular weight is 388 g/mol. The highest BCUT2D eigenvalue weighted by Crippen LogP contribution is 2.23. The summed E-state index contributed by atoms with van der Waals surface area (Å²) in [7, 11) is 1.64.